The van der Waals surface area contributed by atoms with Gasteiger partial charge < -0.3 is 5.11 Å². The van der Waals surface area contributed by atoms with Crippen molar-refractivity contribution in [3.05, 3.63) is 34.6 Å². The number of halogens is 1. The van der Waals surface area contributed by atoms with Crippen LogP contribution >= 0.6 is 0 Å². The van der Waals surface area contributed by atoms with E-state index in [-0.39, 0.29) is 11.1 Å². The molecule has 1 aliphatic rings. The van der Waals surface area contributed by atoms with Crippen LogP contribution in [-0.2, 0) is 10.2 Å². The van der Waals surface area contributed by atoms with Crippen molar-refractivity contribution >= 4 is 5.97 Å². The van der Waals surface area contributed by atoms with Gasteiger partial charge in [-0.05, 0) is 37.5 Å². The molecule has 0 spiro atoms. The molecular formula is C14H14FNO2. The van der Waals surface area contributed by atoms with Gasteiger partial charge in [-0.15, -0.1) is 0 Å². The number of hydrogen-bond donors (Lipinski definition) is 1. The molecule has 2 rings (SSSR count). The molecule has 0 amide bonds. The van der Waals surface area contributed by atoms with Gasteiger partial charge in [0.2, 0.25) is 0 Å². The molecule has 4 heteroatoms. The second-order valence-electron chi connectivity index (χ2n) is 4.84. The molecule has 0 atom stereocenters. The Bertz CT molecular complexity index is 539. The summed E-state index contributed by atoms with van der Waals surface area (Å²) in [5.41, 5.74) is -0.0930. The molecule has 18 heavy (non-hydrogen) atoms. The Balaban J connectivity index is 2.60. The maximum Gasteiger partial charge on any atom is 0.314 e. The molecule has 0 aromatic heterocycles. The summed E-state index contributed by atoms with van der Waals surface area (Å²) in [6.45, 7) is 1.53. The quantitative estimate of drug-likeness (QED) is 0.874. The number of rotatable bonds is 2. The van der Waals surface area contributed by atoms with Crippen molar-refractivity contribution < 1.29 is 14.3 Å². The first-order chi connectivity index (χ1) is 8.51. The Hall–Kier alpha value is -1.89. The zero-order chi connectivity index (χ0) is 13.3. The van der Waals surface area contributed by atoms with Gasteiger partial charge in [-0.1, -0.05) is 12.8 Å². The van der Waals surface area contributed by atoms with Gasteiger partial charge in [-0.3, -0.25) is 4.79 Å². The van der Waals surface area contributed by atoms with Crippen LogP contribution in [-0.4, -0.2) is 11.1 Å². The summed E-state index contributed by atoms with van der Waals surface area (Å²) < 4.78 is 13.8. The number of carbonyl (C=O) groups is 1. The van der Waals surface area contributed by atoms with Gasteiger partial charge in [0.15, 0.2) is 0 Å². The summed E-state index contributed by atoms with van der Waals surface area (Å²) in [5, 5.41) is 18.4. The third-order valence-corrected chi connectivity index (χ3v) is 3.88. The van der Waals surface area contributed by atoms with Gasteiger partial charge in [0.25, 0.3) is 0 Å². The van der Waals surface area contributed by atoms with E-state index in [9.17, 15) is 14.3 Å². The molecule has 0 saturated heterocycles. The zero-order valence-corrected chi connectivity index (χ0v) is 10.2. The summed E-state index contributed by atoms with van der Waals surface area (Å²) in [4.78, 5) is 11.5. The van der Waals surface area contributed by atoms with Crippen molar-refractivity contribution in [3.8, 4) is 6.07 Å². The first kappa shape index (κ1) is 12.6. The molecule has 0 radical (unpaired) electrons. The SMILES string of the molecule is Cc1c(F)cc(C2(C(=O)O)CCCC2)cc1C#N. The number of carboxylic acid groups (broad SMARTS) is 1. The number of carboxylic acids is 1. The number of benzene rings is 1. The zero-order valence-electron chi connectivity index (χ0n) is 10.2. The number of nitrogens with zero attached hydrogens (tertiary/aromatic N) is 1. The van der Waals surface area contributed by atoms with Crippen molar-refractivity contribution in [1.82, 2.24) is 0 Å². The third kappa shape index (κ3) is 1.76. The molecule has 1 N–H and O–H groups in total. The van der Waals surface area contributed by atoms with Crippen LogP contribution in [0.2, 0.25) is 0 Å². The molecule has 1 aliphatic carbocycles. The molecule has 3 nitrogen and oxygen atoms in total. The highest BCUT2D eigenvalue weighted by atomic mass is 19.1. The van der Waals surface area contributed by atoms with E-state index >= 15 is 0 Å². The maximum atomic E-state index is 13.8. The molecule has 1 saturated carbocycles. The van der Waals surface area contributed by atoms with Gasteiger partial charge >= 0.3 is 5.97 Å². The lowest BCUT2D eigenvalue weighted by Crippen LogP contribution is -2.32. The fourth-order valence-corrected chi connectivity index (χ4v) is 2.68. The van der Waals surface area contributed by atoms with Gasteiger partial charge in [-0.2, -0.15) is 5.26 Å². The van der Waals surface area contributed by atoms with Crippen LogP contribution in [0.15, 0.2) is 12.1 Å². The molecule has 1 fully saturated rings. The smallest absolute Gasteiger partial charge is 0.314 e. The maximum absolute atomic E-state index is 13.8. The normalized spacial score (nSPS) is 17.4. The van der Waals surface area contributed by atoms with Crippen molar-refractivity contribution in [3.63, 3.8) is 0 Å². The summed E-state index contributed by atoms with van der Waals surface area (Å²) in [6, 6.07) is 4.72. The Labute approximate surface area is 105 Å². The minimum absolute atomic E-state index is 0.220. The highest BCUT2D eigenvalue weighted by molar-refractivity contribution is 5.82. The van der Waals surface area contributed by atoms with Gasteiger partial charge in [-0.25, -0.2) is 4.39 Å². The van der Waals surface area contributed by atoms with Crippen LogP contribution in [0.5, 0.6) is 0 Å². The number of hydrogen-bond acceptors (Lipinski definition) is 2. The molecule has 94 valence electrons. The number of aliphatic carboxylic acids is 1. The molecule has 0 bridgehead atoms. The lowest BCUT2D eigenvalue weighted by molar-refractivity contribution is -0.143. The average Bonchev–Trinajstić information content (AvgIpc) is 2.83. The second kappa shape index (κ2) is 4.41. The van der Waals surface area contributed by atoms with Crippen LogP contribution in [0.1, 0.15) is 42.4 Å². The van der Waals surface area contributed by atoms with Crippen molar-refractivity contribution in [1.29, 1.82) is 5.26 Å². The summed E-state index contributed by atoms with van der Waals surface area (Å²) in [5.74, 6) is -1.43. The van der Waals surface area contributed by atoms with Crippen LogP contribution in [0.3, 0.4) is 0 Å². The van der Waals surface area contributed by atoms with Crippen molar-refractivity contribution in [2.45, 2.75) is 38.0 Å². The highest BCUT2D eigenvalue weighted by Crippen LogP contribution is 2.42. The van der Waals surface area contributed by atoms with Gasteiger partial charge in [0.1, 0.15) is 5.82 Å². The Morgan fingerprint density at radius 1 is 1.44 bits per heavy atom. The summed E-state index contributed by atoms with van der Waals surface area (Å²) in [7, 11) is 0. The first-order valence-electron chi connectivity index (χ1n) is 5.95. The third-order valence-electron chi connectivity index (χ3n) is 3.88. The second-order valence-corrected chi connectivity index (χ2v) is 4.84. The predicted octanol–water partition coefficient (Wildman–Crippen LogP) is 2.90. The Kier molecular flexibility index (Phi) is 3.08. The lowest BCUT2D eigenvalue weighted by atomic mass is 9.78. The highest BCUT2D eigenvalue weighted by Gasteiger charge is 2.43. The molecule has 0 unspecified atom stereocenters. The molecule has 1 aromatic rings. The first-order valence-corrected chi connectivity index (χ1v) is 5.95. The molecule has 0 heterocycles. The molecule has 1 aromatic carbocycles. The van der Waals surface area contributed by atoms with Crippen LogP contribution in [0.4, 0.5) is 4.39 Å². The summed E-state index contributed by atoms with van der Waals surface area (Å²) in [6.07, 6.45) is 2.67. The Morgan fingerprint density at radius 2 is 2.06 bits per heavy atom. The lowest BCUT2D eigenvalue weighted by Gasteiger charge is -2.25. The monoisotopic (exact) mass is 247 g/mol. The predicted molar refractivity (Wildman–Crippen MR) is 63.6 cm³/mol. The van der Waals surface area contributed by atoms with E-state index in [1.807, 2.05) is 6.07 Å². The topological polar surface area (TPSA) is 61.1 Å². The van der Waals surface area contributed by atoms with Crippen LogP contribution < -0.4 is 0 Å². The van der Waals surface area contributed by atoms with Crippen molar-refractivity contribution in [2.24, 2.45) is 0 Å². The summed E-state index contributed by atoms with van der Waals surface area (Å²) >= 11 is 0. The minimum Gasteiger partial charge on any atom is -0.481 e. The van der Waals surface area contributed by atoms with Crippen molar-refractivity contribution in [2.75, 3.05) is 0 Å². The van der Waals surface area contributed by atoms with E-state index in [0.717, 1.165) is 12.8 Å². The van der Waals surface area contributed by atoms with E-state index in [1.165, 1.54) is 19.1 Å². The number of nitriles is 1. The van der Waals surface area contributed by atoms with E-state index in [1.54, 1.807) is 0 Å². The fourth-order valence-electron chi connectivity index (χ4n) is 2.68. The minimum atomic E-state index is -1.01. The van der Waals surface area contributed by atoms with E-state index in [2.05, 4.69) is 0 Å². The van der Waals surface area contributed by atoms with E-state index in [0.29, 0.717) is 18.4 Å². The molecule has 0 aliphatic heterocycles. The van der Waals surface area contributed by atoms with Gasteiger partial charge in [0.05, 0.1) is 17.0 Å². The standard InChI is InChI=1S/C14H14FNO2/c1-9-10(8-16)6-11(7-12(9)15)14(13(17)18)4-2-3-5-14/h6-7H,2-5H2,1H3,(H,17,18). The van der Waals surface area contributed by atoms with Crippen LogP contribution in [0, 0.1) is 24.1 Å². The molecular weight excluding hydrogens is 233 g/mol. The van der Waals surface area contributed by atoms with E-state index < -0.39 is 17.2 Å². The average molecular weight is 247 g/mol. The van der Waals surface area contributed by atoms with Gasteiger partial charge in [0, 0.05) is 5.56 Å². The van der Waals surface area contributed by atoms with E-state index in [4.69, 9.17) is 5.26 Å². The largest absolute Gasteiger partial charge is 0.481 e. The van der Waals surface area contributed by atoms with Crippen LogP contribution in [0.25, 0.3) is 0 Å². The Morgan fingerprint density at radius 3 is 2.56 bits per heavy atom. The fraction of sp³-hybridized carbons (Fsp3) is 0.429.